The molecule has 0 aliphatic carbocycles. The average Bonchev–Trinajstić information content (AvgIpc) is 3.24. The van der Waals surface area contributed by atoms with Gasteiger partial charge in [-0.15, -0.1) is 10.2 Å². The highest BCUT2D eigenvalue weighted by Crippen LogP contribution is 2.36. The van der Waals surface area contributed by atoms with Crippen molar-refractivity contribution in [3.8, 4) is 23.0 Å². The van der Waals surface area contributed by atoms with Crippen LogP contribution in [0.2, 0.25) is 0 Å². The molecule has 0 radical (unpaired) electrons. The molecule has 6 heteroatoms. The third kappa shape index (κ3) is 3.17. The van der Waals surface area contributed by atoms with E-state index >= 15 is 0 Å². The number of ether oxygens (including phenoxy) is 2. The van der Waals surface area contributed by atoms with Crippen molar-refractivity contribution in [2.45, 2.75) is 11.6 Å². The molecule has 1 aliphatic rings. The van der Waals surface area contributed by atoms with Gasteiger partial charge in [-0.3, -0.25) is 0 Å². The largest absolute Gasteiger partial charge is 0.454 e. The molecule has 0 amide bonds. The van der Waals surface area contributed by atoms with Crippen LogP contribution < -0.4 is 9.47 Å². The number of thioether (sulfide) groups is 1. The molecule has 4 rings (SSSR count). The lowest BCUT2D eigenvalue weighted by atomic mass is 10.2. The number of aryl methyl sites for hydroxylation is 1. The Bertz CT molecular complexity index is 805. The molecule has 2 heterocycles. The Morgan fingerprint density at radius 3 is 2.74 bits per heavy atom. The van der Waals surface area contributed by atoms with Gasteiger partial charge in [0.15, 0.2) is 11.5 Å². The summed E-state index contributed by atoms with van der Waals surface area (Å²) in [4.78, 5) is 0. The average molecular weight is 326 g/mol. The van der Waals surface area contributed by atoms with Crippen LogP contribution in [-0.4, -0.2) is 22.7 Å². The van der Waals surface area contributed by atoms with Crippen LogP contribution in [0.25, 0.3) is 11.5 Å². The minimum absolute atomic E-state index is 0.253. The van der Waals surface area contributed by atoms with Crippen LogP contribution in [0.3, 0.4) is 0 Å². The molecular weight excluding hydrogens is 312 g/mol. The lowest BCUT2D eigenvalue weighted by Crippen LogP contribution is -1.92. The molecule has 1 aliphatic heterocycles. The van der Waals surface area contributed by atoms with E-state index in [9.17, 15) is 0 Å². The smallest absolute Gasteiger partial charge is 0.276 e. The Hall–Kier alpha value is -2.47. The van der Waals surface area contributed by atoms with Crippen LogP contribution in [0, 0.1) is 0 Å². The van der Waals surface area contributed by atoms with Crippen LogP contribution in [0.5, 0.6) is 11.5 Å². The quantitative estimate of drug-likeness (QED) is 0.665. The number of aromatic nitrogens is 2. The molecule has 0 saturated carbocycles. The fourth-order valence-corrected chi connectivity index (χ4v) is 3.06. The summed E-state index contributed by atoms with van der Waals surface area (Å²) in [5.74, 6) is 2.84. The highest BCUT2D eigenvalue weighted by molar-refractivity contribution is 7.99. The third-order valence-corrected chi connectivity index (χ3v) is 4.31. The molecule has 5 nitrogen and oxygen atoms in total. The zero-order valence-corrected chi connectivity index (χ0v) is 13.1. The fraction of sp³-hybridized carbons (Fsp3) is 0.176. The summed E-state index contributed by atoms with van der Waals surface area (Å²) in [5.41, 5.74) is 2.13. The molecule has 0 unspecified atom stereocenters. The van der Waals surface area contributed by atoms with E-state index < -0.39 is 0 Å². The highest BCUT2D eigenvalue weighted by Gasteiger charge is 2.16. The minimum Gasteiger partial charge on any atom is -0.454 e. The van der Waals surface area contributed by atoms with E-state index in [1.165, 1.54) is 5.56 Å². The first-order chi connectivity index (χ1) is 11.4. The summed E-state index contributed by atoms with van der Waals surface area (Å²) in [7, 11) is 0. The second kappa shape index (κ2) is 6.34. The Morgan fingerprint density at radius 1 is 0.957 bits per heavy atom. The number of nitrogens with zero attached hydrogens (tertiary/aromatic N) is 2. The molecule has 3 aromatic rings. The number of hydrogen-bond acceptors (Lipinski definition) is 6. The van der Waals surface area contributed by atoms with Gasteiger partial charge in [-0.2, -0.15) is 0 Å². The Morgan fingerprint density at radius 2 is 1.83 bits per heavy atom. The van der Waals surface area contributed by atoms with Crippen molar-refractivity contribution in [2.24, 2.45) is 0 Å². The van der Waals surface area contributed by atoms with E-state index in [0.29, 0.717) is 16.9 Å². The van der Waals surface area contributed by atoms with Gasteiger partial charge in [0.25, 0.3) is 5.22 Å². The van der Waals surface area contributed by atoms with E-state index in [0.717, 1.165) is 23.5 Å². The molecule has 0 spiro atoms. The Balaban J connectivity index is 1.41. The molecule has 0 atom stereocenters. The molecule has 0 fully saturated rings. The predicted molar refractivity (Wildman–Crippen MR) is 86.7 cm³/mol. The summed E-state index contributed by atoms with van der Waals surface area (Å²) >= 11 is 1.56. The topological polar surface area (TPSA) is 57.4 Å². The normalized spacial score (nSPS) is 12.5. The van der Waals surface area contributed by atoms with Gasteiger partial charge in [-0.25, -0.2) is 0 Å². The molecule has 0 saturated heterocycles. The number of rotatable bonds is 5. The van der Waals surface area contributed by atoms with Crippen molar-refractivity contribution >= 4 is 11.8 Å². The van der Waals surface area contributed by atoms with Gasteiger partial charge in [0, 0.05) is 11.3 Å². The Kier molecular flexibility index (Phi) is 3.90. The van der Waals surface area contributed by atoms with Gasteiger partial charge in [-0.05, 0) is 30.2 Å². The number of benzene rings is 2. The van der Waals surface area contributed by atoms with Crippen LogP contribution in [-0.2, 0) is 6.42 Å². The lowest BCUT2D eigenvalue weighted by Gasteiger charge is -1.99. The molecule has 23 heavy (non-hydrogen) atoms. The summed E-state index contributed by atoms with van der Waals surface area (Å²) in [6.07, 6.45) is 0.966. The monoisotopic (exact) mass is 326 g/mol. The first kappa shape index (κ1) is 14.1. The molecule has 0 N–H and O–H groups in total. The van der Waals surface area contributed by atoms with Gasteiger partial charge in [0.2, 0.25) is 12.7 Å². The predicted octanol–water partition coefficient (Wildman–Crippen LogP) is 3.80. The fourth-order valence-electron chi connectivity index (χ4n) is 2.32. The summed E-state index contributed by atoms with van der Waals surface area (Å²) in [6.45, 7) is 0.253. The van der Waals surface area contributed by atoms with Crippen molar-refractivity contribution < 1.29 is 13.9 Å². The van der Waals surface area contributed by atoms with E-state index in [4.69, 9.17) is 13.9 Å². The van der Waals surface area contributed by atoms with E-state index in [1.807, 2.05) is 36.4 Å². The standard InChI is InChI=1S/C17H14N2O3S/c1-2-4-12(5-3-1)8-9-23-17-19-18-16(22-17)13-6-7-14-15(10-13)21-11-20-14/h1-7,10H,8-9,11H2. The zero-order chi connectivity index (χ0) is 15.5. The van der Waals surface area contributed by atoms with Crippen molar-refractivity contribution in [3.05, 3.63) is 54.1 Å². The van der Waals surface area contributed by atoms with Crippen molar-refractivity contribution in [1.29, 1.82) is 0 Å². The summed E-state index contributed by atoms with van der Waals surface area (Å²) < 4.78 is 16.4. The van der Waals surface area contributed by atoms with Crippen LogP contribution >= 0.6 is 11.8 Å². The number of hydrogen-bond donors (Lipinski definition) is 0. The second-order valence-electron chi connectivity index (χ2n) is 5.03. The van der Waals surface area contributed by atoms with Gasteiger partial charge >= 0.3 is 0 Å². The van der Waals surface area contributed by atoms with Gasteiger partial charge in [-0.1, -0.05) is 42.1 Å². The van der Waals surface area contributed by atoms with Crippen molar-refractivity contribution in [2.75, 3.05) is 12.5 Å². The minimum atomic E-state index is 0.253. The van der Waals surface area contributed by atoms with Crippen LogP contribution in [0.15, 0.2) is 58.2 Å². The van der Waals surface area contributed by atoms with E-state index in [-0.39, 0.29) is 6.79 Å². The van der Waals surface area contributed by atoms with Gasteiger partial charge in [0.05, 0.1) is 0 Å². The van der Waals surface area contributed by atoms with Gasteiger partial charge in [0.1, 0.15) is 0 Å². The summed E-state index contributed by atoms with van der Waals surface area (Å²) in [6, 6.07) is 15.9. The van der Waals surface area contributed by atoms with Crippen molar-refractivity contribution in [3.63, 3.8) is 0 Å². The number of fused-ring (bicyclic) bond motifs is 1. The molecular formula is C17H14N2O3S. The Labute approximate surface area is 137 Å². The first-order valence-electron chi connectivity index (χ1n) is 7.29. The van der Waals surface area contributed by atoms with Crippen molar-refractivity contribution in [1.82, 2.24) is 10.2 Å². The van der Waals surface area contributed by atoms with Gasteiger partial charge < -0.3 is 13.9 Å². The lowest BCUT2D eigenvalue weighted by molar-refractivity contribution is 0.174. The molecule has 116 valence electrons. The van der Waals surface area contributed by atoms with Crippen LogP contribution in [0.4, 0.5) is 0 Å². The maximum atomic E-state index is 5.71. The molecule has 1 aromatic heterocycles. The SMILES string of the molecule is c1ccc(CCSc2nnc(-c3ccc4c(c3)OCO4)o2)cc1. The molecule has 0 bridgehead atoms. The zero-order valence-electron chi connectivity index (χ0n) is 12.3. The third-order valence-electron chi connectivity index (χ3n) is 3.49. The molecule has 2 aromatic carbocycles. The van der Waals surface area contributed by atoms with E-state index in [1.54, 1.807) is 11.8 Å². The van der Waals surface area contributed by atoms with E-state index in [2.05, 4.69) is 22.3 Å². The summed E-state index contributed by atoms with van der Waals surface area (Å²) in [5, 5.41) is 8.77. The highest BCUT2D eigenvalue weighted by atomic mass is 32.2. The first-order valence-corrected chi connectivity index (χ1v) is 8.27. The van der Waals surface area contributed by atoms with Crippen LogP contribution in [0.1, 0.15) is 5.56 Å². The second-order valence-corrected chi connectivity index (χ2v) is 6.07. The maximum absolute atomic E-state index is 5.71. The maximum Gasteiger partial charge on any atom is 0.276 e.